The molecule has 0 radical (unpaired) electrons. The highest BCUT2D eigenvalue weighted by Gasteiger charge is 2.43. The van der Waals surface area contributed by atoms with Crippen molar-refractivity contribution in [1.29, 1.82) is 0 Å². The SMILES string of the molecule is CCN(CCOC)C1(CN)CC(C)CCC1C. The van der Waals surface area contributed by atoms with E-state index in [9.17, 15) is 0 Å². The van der Waals surface area contributed by atoms with Crippen LogP contribution in [0.1, 0.15) is 40.0 Å². The fraction of sp³-hybridized carbons (Fsp3) is 1.00. The van der Waals surface area contributed by atoms with Gasteiger partial charge in [-0.3, -0.25) is 4.90 Å². The summed E-state index contributed by atoms with van der Waals surface area (Å²) in [6.45, 7) is 10.6. The van der Waals surface area contributed by atoms with Crippen LogP contribution < -0.4 is 5.73 Å². The van der Waals surface area contributed by atoms with Gasteiger partial charge in [0.2, 0.25) is 0 Å². The van der Waals surface area contributed by atoms with E-state index in [1.54, 1.807) is 7.11 Å². The molecule has 0 heterocycles. The van der Waals surface area contributed by atoms with Gasteiger partial charge in [-0.2, -0.15) is 0 Å². The molecule has 0 aromatic heterocycles. The van der Waals surface area contributed by atoms with E-state index in [1.807, 2.05) is 0 Å². The van der Waals surface area contributed by atoms with Crippen LogP contribution in [0.25, 0.3) is 0 Å². The second-order valence-corrected chi connectivity index (χ2v) is 5.67. The van der Waals surface area contributed by atoms with Crippen LogP contribution in [0.15, 0.2) is 0 Å². The van der Waals surface area contributed by atoms with E-state index < -0.39 is 0 Å². The van der Waals surface area contributed by atoms with Gasteiger partial charge < -0.3 is 10.5 Å². The second kappa shape index (κ2) is 6.72. The summed E-state index contributed by atoms with van der Waals surface area (Å²) < 4.78 is 5.23. The van der Waals surface area contributed by atoms with Crippen LogP contribution in [0, 0.1) is 11.8 Å². The van der Waals surface area contributed by atoms with E-state index in [0.717, 1.165) is 32.2 Å². The summed E-state index contributed by atoms with van der Waals surface area (Å²) in [6.07, 6.45) is 3.90. The minimum absolute atomic E-state index is 0.199. The average molecular weight is 242 g/mol. The van der Waals surface area contributed by atoms with Crippen molar-refractivity contribution < 1.29 is 4.74 Å². The number of hydrogen-bond acceptors (Lipinski definition) is 3. The molecule has 2 N–H and O–H groups in total. The molecule has 0 aromatic rings. The standard InChI is InChI=1S/C14H30N2O/c1-5-16(8-9-17-4)14(11-15)10-12(2)6-7-13(14)3/h12-13H,5-11,15H2,1-4H3. The van der Waals surface area contributed by atoms with E-state index in [0.29, 0.717) is 5.92 Å². The van der Waals surface area contributed by atoms with Crippen LogP contribution in [0.3, 0.4) is 0 Å². The van der Waals surface area contributed by atoms with Crippen LogP contribution in [-0.4, -0.2) is 43.8 Å². The first-order chi connectivity index (χ1) is 8.10. The third-order valence-corrected chi connectivity index (χ3v) is 4.64. The van der Waals surface area contributed by atoms with Gasteiger partial charge in [0.05, 0.1) is 6.61 Å². The molecule has 0 saturated heterocycles. The Kier molecular flexibility index (Phi) is 5.90. The molecular weight excluding hydrogens is 212 g/mol. The molecule has 0 bridgehead atoms. The van der Waals surface area contributed by atoms with E-state index in [4.69, 9.17) is 10.5 Å². The summed E-state index contributed by atoms with van der Waals surface area (Å²) in [5, 5.41) is 0. The second-order valence-electron chi connectivity index (χ2n) is 5.67. The molecule has 1 saturated carbocycles. The highest BCUT2D eigenvalue weighted by Crippen LogP contribution is 2.40. The lowest BCUT2D eigenvalue weighted by Crippen LogP contribution is -2.61. The summed E-state index contributed by atoms with van der Waals surface area (Å²) >= 11 is 0. The number of likely N-dealkylation sites (N-methyl/N-ethyl adjacent to an activating group) is 1. The van der Waals surface area contributed by atoms with Gasteiger partial charge in [-0.25, -0.2) is 0 Å². The Morgan fingerprint density at radius 3 is 2.59 bits per heavy atom. The Morgan fingerprint density at radius 2 is 2.06 bits per heavy atom. The van der Waals surface area contributed by atoms with Crippen molar-refractivity contribution in [2.75, 3.05) is 33.4 Å². The Hall–Kier alpha value is -0.120. The number of ether oxygens (including phenoxy) is 1. The maximum atomic E-state index is 6.16. The molecule has 0 aliphatic heterocycles. The van der Waals surface area contributed by atoms with E-state index in [1.165, 1.54) is 19.3 Å². The van der Waals surface area contributed by atoms with Crippen molar-refractivity contribution in [2.24, 2.45) is 17.6 Å². The molecule has 0 amide bonds. The smallest absolute Gasteiger partial charge is 0.0589 e. The lowest BCUT2D eigenvalue weighted by atomic mass is 9.68. The van der Waals surface area contributed by atoms with Crippen LogP contribution in [0.4, 0.5) is 0 Å². The Balaban J connectivity index is 2.81. The number of methoxy groups -OCH3 is 1. The first-order valence-electron chi connectivity index (χ1n) is 7.04. The lowest BCUT2D eigenvalue weighted by Gasteiger charge is -2.51. The van der Waals surface area contributed by atoms with Crippen LogP contribution >= 0.6 is 0 Å². The van der Waals surface area contributed by atoms with Crippen molar-refractivity contribution in [3.05, 3.63) is 0 Å². The van der Waals surface area contributed by atoms with Crippen molar-refractivity contribution in [3.63, 3.8) is 0 Å². The zero-order valence-electron chi connectivity index (χ0n) is 12.0. The Labute approximate surface area is 107 Å². The molecule has 0 aromatic carbocycles. The van der Waals surface area contributed by atoms with E-state index >= 15 is 0 Å². The summed E-state index contributed by atoms with van der Waals surface area (Å²) in [5.74, 6) is 1.49. The minimum Gasteiger partial charge on any atom is -0.383 e. The zero-order valence-corrected chi connectivity index (χ0v) is 12.0. The first kappa shape index (κ1) is 14.9. The van der Waals surface area contributed by atoms with Gasteiger partial charge in [-0.1, -0.05) is 27.2 Å². The minimum atomic E-state index is 0.199. The van der Waals surface area contributed by atoms with Crippen molar-refractivity contribution in [1.82, 2.24) is 4.90 Å². The summed E-state index contributed by atoms with van der Waals surface area (Å²) in [7, 11) is 1.77. The number of nitrogens with zero attached hydrogens (tertiary/aromatic N) is 1. The molecular formula is C14H30N2O. The van der Waals surface area contributed by atoms with Crippen molar-refractivity contribution in [3.8, 4) is 0 Å². The molecule has 17 heavy (non-hydrogen) atoms. The van der Waals surface area contributed by atoms with Gasteiger partial charge in [0, 0.05) is 25.7 Å². The molecule has 3 heteroatoms. The third kappa shape index (κ3) is 3.21. The molecule has 1 aliphatic rings. The largest absolute Gasteiger partial charge is 0.383 e. The fourth-order valence-electron chi connectivity index (χ4n) is 3.46. The molecule has 1 aliphatic carbocycles. The van der Waals surface area contributed by atoms with Crippen LogP contribution in [0.2, 0.25) is 0 Å². The highest BCUT2D eigenvalue weighted by molar-refractivity contribution is 4.99. The Morgan fingerprint density at radius 1 is 1.35 bits per heavy atom. The maximum absolute atomic E-state index is 6.16. The number of rotatable bonds is 6. The van der Waals surface area contributed by atoms with E-state index in [-0.39, 0.29) is 5.54 Å². The monoisotopic (exact) mass is 242 g/mol. The molecule has 3 nitrogen and oxygen atoms in total. The quantitative estimate of drug-likeness (QED) is 0.775. The van der Waals surface area contributed by atoms with Crippen LogP contribution in [-0.2, 0) is 4.74 Å². The predicted molar refractivity (Wildman–Crippen MR) is 73.1 cm³/mol. The molecule has 3 unspecified atom stereocenters. The Bertz CT molecular complexity index is 222. The zero-order chi connectivity index (χ0) is 12.9. The lowest BCUT2D eigenvalue weighted by molar-refractivity contribution is -0.0134. The molecule has 102 valence electrons. The average Bonchev–Trinajstić information content (AvgIpc) is 2.34. The molecule has 1 rings (SSSR count). The molecule has 3 atom stereocenters. The maximum Gasteiger partial charge on any atom is 0.0589 e. The van der Waals surface area contributed by atoms with Gasteiger partial charge in [0.15, 0.2) is 0 Å². The highest BCUT2D eigenvalue weighted by atomic mass is 16.5. The molecule has 0 spiro atoms. The van der Waals surface area contributed by atoms with Crippen LogP contribution in [0.5, 0.6) is 0 Å². The fourth-order valence-corrected chi connectivity index (χ4v) is 3.46. The normalized spacial score (nSPS) is 34.2. The van der Waals surface area contributed by atoms with Gasteiger partial charge in [0.25, 0.3) is 0 Å². The van der Waals surface area contributed by atoms with Gasteiger partial charge in [-0.15, -0.1) is 0 Å². The summed E-state index contributed by atoms with van der Waals surface area (Å²) in [6, 6.07) is 0. The predicted octanol–water partition coefficient (Wildman–Crippen LogP) is 2.11. The summed E-state index contributed by atoms with van der Waals surface area (Å²) in [4.78, 5) is 2.55. The van der Waals surface area contributed by atoms with Gasteiger partial charge in [-0.05, 0) is 31.2 Å². The number of hydrogen-bond donors (Lipinski definition) is 1. The van der Waals surface area contributed by atoms with E-state index in [2.05, 4.69) is 25.7 Å². The topological polar surface area (TPSA) is 38.5 Å². The third-order valence-electron chi connectivity index (χ3n) is 4.64. The molecule has 1 fully saturated rings. The van der Waals surface area contributed by atoms with Gasteiger partial charge in [0.1, 0.15) is 0 Å². The van der Waals surface area contributed by atoms with Crippen molar-refractivity contribution in [2.45, 2.75) is 45.6 Å². The summed E-state index contributed by atoms with van der Waals surface area (Å²) in [5.41, 5.74) is 6.36. The number of nitrogens with two attached hydrogens (primary N) is 1. The first-order valence-corrected chi connectivity index (χ1v) is 7.04. The van der Waals surface area contributed by atoms with Crippen molar-refractivity contribution >= 4 is 0 Å². The van der Waals surface area contributed by atoms with Gasteiger partial charge >= 0.3 is 0 Å².